The van der Waals surface area contributed by atoms with Crippen LogP contribution in [0.4, 0.5) is 0 Å². The molecule has 0 bridgehead atoms. The topological polar surface area (TPSA) is 29.9 Å². The van der Waals surface area contributed by atoms with Crippen LogP contribution in [-0.2, 0) is 19.4 Å². The third kappa shape index (κ3) is 5.01. The Morgan fingerprint density at radius 1 is 1.14 bits per heavy atom. The van der Waals surface area contributed by atoms with Gasteiger partial charge in [0.25, 0.3) is 0 Å². The number of imidazole rings is 1. The lowest BCUT2D eigenvalue weighted by molar-refractivity contribution is 0.554. The molecule has 21 heavy (non-hydrogen) atoms. The van der Waals surface area contributed by atoms with Crippen molar-refractivity contribution in [3.8, 4) is 0 Å². The molecule has 1 aromatic heterocycles. The molecule has 1 aromatic carbocycles. The summed E-state index contributed by atoms with van der Waals surface area (Å²) < 4.78 is 2.22. The van der Waals surface area contributed by atoms with E-state index in [0.29, 0.717) is 0 Å². The molecule has 0 amide bonds. The Morgan fingerprint density at radius 2 is 1.86 bits per heavy atom. The molecule has 3 heteroatoms. The van der Waals surface area contributed by atoms with E-state index in [1.807, 2.05) is 6.20 Å². The van der Waals surface area contributed by atoms with E-state index in [4.69, 9.17) is 0 Å². The summed E-state index contributed by atoms with van der Waals surface area (Å²) in [4.78, 5) is 4.37. The molecule has 3 nitrogen and oxygen atoms in total. The fourth-order valence-electron chi connectivity index (χ4n) is 2.43. The Balaban J connectivity index is 1.84. The molecule has 0 spiro atoms. The largest absolute Gasteiger partial charge is 0.331 e. The molecule has 2 rings (SSSR count). The Kier molecular flexibility index (Phi) is 6.00. The van der Waals surface area contributed by atoms with Crippen molar-refractivity contribution in [3.63, 3.8) is 0 Å². The maximum Gasteiger partial charge on any atom is 0.108 e. The van der Waals surface area contributed by atoms with Crippen LogP contribution in [0.2, 0.25) is 0 Å². The number of benzene rings is 1. The van der Waals surface area contributed by atoms with Gasteiger partial charge in [0.2, 0.25) is 0 Å². The molecule has 2 aromatic rings. The van der Waals surface area contributed by atoms with Crippen LogP contribution in [0.5, 0.6) is 0 Å². The van der Waals surface area contributed by atoms with E-state index in [1.165, 1.54) is 11.1 Å². The zero-order valence-corrected chi connectivity index (χ0v) is 13.5. The van der Waals surface area contributed by atoms with Gasteiger partial charge in [-0.05, 0) is 36.6 Å². The molecule has 0 atom stereocenters. The smallest absolute Gasteiger partial charge is 0.108 e. The van der Waals surface area contributed by atoms with E-state index in [-0.39, 0.29) is 0 Å². The fraction of sp³-hybridized carbons (Fsp3) is 0.500. The number of rotatable bonds is 8. The number of aryl methyl sites for hydroxylation is 1. The highest BCUT2D eigenvalue weighted by Crippen LogP contribution is 2.09. The number of nitrogens with one attached hydrogen (secondary N) is 1. The number of aromatic nitrogens is 2. The lowest BCUT2D eigenvalue weighted by atomic mass is 10.1. The van der Waals surface area contributed by atoms with Gasteiger partial charge in [0, 0.05) is 25.4 Å². The number of nitrogens with zero attached hydrogens (tertiary/aromatic N) is 2. The molecule has 0 aliphatic heterocycles. The van der Waals surface area contributed by atoms with Crippen LogP contribution in [0, 0.1) is 5.92 Å². The van der Waals surface area contributed by atoms with Crippen molar-refractivity contribution in [2.75, 3.05) is 13.1 Å². The van der Waals surface area contributed by atoms with Gasteiger partial charge >= 0.3 is 0 Å². The summed E-state index contributed by atoms with van der Waals surface area (Å²) in [7, 11) is 0. The van der Waals surface area contributed by atoms with Gasteiger partial charge in [0.05, 0.1) is 0 Å². The molecule has 0 unspecified atom stereocenters. The van der Waals surface area contributed by atoms with Crippen LogP contribution in [0.15, 0.2) is 36.7 Å². The molecule has 1 heterocycles. The zero-order chi connectivity index (χ0) is 15.1. The van der Waals surface area contributed by atoms with E-state index in [9.17, 15) is 0 Å². The first-order chi connectivity index (χ1) is 10.2. The monoisotopic (exact) mass is 285 g/mol. The van der Waals surface area contributed by atoms with Gasteiger partial charge in [-0.2, -0.15) is 0 Å². The first-order valence-corrected chi connectivity index (χ1v) is 7.97. The predicted molar refractivity (Wildman–Crippen MR) is 88.6 cm³/mol. The lowest BCUT2D eigenvalue weighted by Gasteiger charge is -2.09. The van der Waals surface area contributed by atoms with Crippen LogP contribution in [0.3, 0.4) is 0 Å². The first kappa shape index (κ1) is 15.8. The van der Waals surface area contributed by atoms with E-state index >= 15 is 0 Å². The van der Waals surface area contributed by atoms with Gasteiger partial charge < -0.3 is 9.88 Å². The van der Waals surface area contributed by atoms with Crippen molar-refractivity contribution >= 4 is 0 Å². The van der Waals surface area contributed by atoms with Crippen LogP contribution in [0.25, 0.3) is 0 Å². The Hall–Kier alpha value is -1.61. The van der Waals surface area contributed by atoms with Crippen molar-refractivity contribution in [1.82, 2.24) is 14.9 Å². The average molecular weight is 285 g/mol. The van der Waals surface area contributed by atoms with Crippen LogP contribution >= 0.6 is 0 Å². The van der Waals surface area contributed by atoms with Crippen molar-refractivity contribution < 1.29 is 0 Å². The van der Waals surface area contributed by atoms with Crippen molar-refractivity contribution in [1.29, 1.82) is 0 Å². The number of hydrogen-bond acceptors (Lipinski definition) is 2. The minimum absolute atomic E-state index is 0.718. The normalized spacial score (nSPS) is 11.2. The molecule has 0 saturated carbocycles. The SMILES string of the molecule is CCc1nccn1Cc1ccc(CCNCC(C)C)cc1. The van der Waals surface area contributed by atoms with E-state index in [1.54, 1.807) is 0 Å². The number of hydrogen-bond donors (Lipinski definition) is 1. The van der Waals surface area contributed by atoms with Gasteiger partial charge in [-0.1, -0.05) is 45.0 Å². The van der Waals surface area contributed by atoms with Crippen molar-refractivity contribution in [2.24, 2.45) is 5.92 Å². The maximum atomic E-state index is 4.37. The molecular weight excluding hydrogens is 258 g/mol. The molecule has 0 fully saturated rings. The van der Waals surface area contributed by atoms with E-state index in [2.05, 4.69) is 66.1 Å². The minimum atomic E-state index is 0.718. The van der Waals surface area contributed by atoms with Crippen molar-refractivity contribution in [3.05, 3.63) is 53.6 Å². The van der Waals surface area contributed by atoms with Crippen molar-refractivity contribution in [2.45, 2.75) is 40.2 Å². The maximum absolute atomic E-state index is 4.37. The summed E-state index contributed by atoms with van der Waals surface area (Å²) >= 11 is 0. The summed E-state index contributed by atoms with van der Waals surface area (Å²) in [5, 5.41) is 3.49. The second-order valence-electron chi connectivity index (χ2n) is 5.99. The van der Waals surface area contributed by atoms with Gasteiger partial charge in [0.15, 0.2) is 0 Å². The molecule has 0 saturated heterocycles. The van der Waals surface area contributed by atoms with E-state index in [0.717, 1.165) is 44.2 Å². The standard InChI is InChI=1S/C18H27N3/c1-4-18-20-11-12-21(18)14-17-7-5-16(6-8-17)9-10-19-13-15(2)3/h5-8,11-12,15,19H,4,9-10,13-14H2,1-3H3. The Labute approximate surface area is 128 Å². The molecular formula is C18H27N3. The molecule has 114 valence electrons. The quantitative estimate of drug-likeness (QED) is 0.754. The second kappa shape index (κ2) is 7.99. The predicted octanol–water partition coefficient (Wildman–Crippen LogP) is 3.28. The van der Waals surface area contributed by atoms with Crippen LogP contribution in [-0.4, -0.2) is 22.6 Å². The summed E-state index contributed by atoms with van der Waals surface area (Å²) in [5.41, 5.74) is 2.73. The second-order valence-corrected chi connectivity index (χ2v) is 5.99. The highest BCUT2D eigenvalue weighted by atomic mass is 15.1. The summed E-state index contributed by atoms with van der Waals surface area (Å²) in [6.45, 7) is 9.68. The Bertz CT molecular complexity index is 526. The lowest BCUT2D eigenvalue weighted by Crippen LogP contribution is -2.22. The third-order valence-corrected chi connectivity index (χ3v) is 3.64. The van der Waals surface area contributed by atoms with E-state index < -0.39 is 0 Å². The van der Waals surface area contributed by atoms with Crippen LogP contribution < -0.4 is 5.32 Å². The zero-order valence-electron chi connectivity index (χ0n) is 13.5. The molecule has 0 aliphatic rings. The Morgan fingerprint density at radius 3 is 2.52 bits per heavy atom. The third-order valence-electron chi connectivity index (χ3n) is 3.64. The molecule has 1 N–H and O–H groups in total. The summed E-state index contributed by atoms with van der Waals surface area (Å²) in [6, 6.07) is 8.96. The fourth-order valence-corrected chi connectivity index (χ4v) is 2.43. The van der Waals surface area contributed by atoms with Crippen LogP contribution in [0.1, 0.15) is 37.7 Å². The summed E-state index contributed by atoms with van der Waals surface area (Å²) in [6.07, 6.45) is 6.01. The highest BCUT2D eigenvalue weighted by Gasteiger charge is 2.01. The average Bonchev–Trinajstić information content (AvgIpc) is 2.92. The van der Waals surface area contributed by atoms with Gasteiger partial charge in [0.1, 0.15) is 5.82 Å². The minimum Gasteiger partial charge on any atom is -0.331 e. The van der Waals surface area contributed by atoms with Gasteiger partial charge in [-0.15, -0.1) is 0 Å². The highest BCUT2D eigenvalue weighted by molar-refractivity contribution is 5.23. The molecule has 0 radical (unpaired) electrons. The first-order valence-electron chi connectivity index (χ1n) is 7.97. The molecule has 0 aliphatic carbocycles. The van der Waals surface area contributed by atoms with Gasteiger partial charge in [-0.3, -0.25) is 0 Å². The summed E-state index contributed by atoms with van der Waals surface area (Å²) in [5.74, 6) is 1.87. The van der Waals surface area contributed by atoms with Gasteiger partial charge in [-0.25, -0.2) is 4.98 Å².